The first-order chi connectivity index (χ1) is 1.00. The molecule has 0 saturated heterocycles. The summed E-state index contributed by atoms with van der Waals surface area (Å²) in [6.07, 6.45) is 0. The second kappa shape index (κ2) is 289. The van der Waals surface area contributed by atoms with Crippen molar-refractivity contribution in [1.29, 1.82) is 0 Å². The molecule has 0 atom stereocenters. The number of rotatable bonds is 0. The van der Waals surface area contributed by atoms with E-state index in [9.17, 15) is 0 Å². The molecule has 50 valence electrons. The van der Waals surface area contributed by atoms with Gasteiger partial charge in [0, 0.05) is 0 Å². The van der Waals surface area contributed by atoms with E-state index in [2.05, 4.69) is 0 Å². The van der Waals surface area contributed by atoms with Gasteiger partial charge in [-0.25, -0.2) is 0 Å². The van der Waals surface area contributed by atoms with Gasteiger partial charge in [0.15, 0.2) is 0 Å². The molecule has 0 aliphatic carbocycles. The average Bonchev–Trinajstić information content (AvgIpc) is 1.00. The van der Waals surface area contributed by atoms with Gasteiger partial charge in [0.1, 0.15) is 0 Å². The first-order valence-corrected chi connectivity index (χ1v) is 1.37. The van der Waals surface area contributed by atoms with Crippen molar-refractivity contribution in [1.82, 2.24) is 0 Å². The Hall–Kier alpha value is 1.22. The Balaban J connectivity index is -0.000000000333. The van der Waals surface area contributed by atoms with Crippen LogP contribution in [-0.4, -0.2) is 74.3 Å². The molecule has 0 bridgehead atoms. The molecule has 2 radical (unpaired) electrons. The van der Waals surface area contributed by atoms with Gasteiger partial charge < -0.3 is 27.4 Å². The molecule has 8 heteroatoms. The molecular formula is H5O6SbSn. The maximum absolute atomic E-state index is 8.34. The van der Waals surface area contributed by atoms with E-state index < -0.39 is 0 Å². The third-order valence-electron chi connectivity index (χ3n) is 0. The zero-order valence-corrected chi connectivity index (χ0v) is 9.00. The maximum Gasteiger partial charge on any atom is 3.00 e. The molecule has 0 aromatic heterocycles. The first-order valence-electron chi connectivity index (χ1n) is 0.204. The normalized spacial score (nSPS) is 0.750. The van der Waals surface area contributed by atoms with Crippen molar-refractivity contribution in [2.75, 3.05) is 0 Å². The van der Waals surface area contributed by atoms with Crippen LogP contribution < -0.4 is 0 Å². The van der Waals surface area contributed by atoms with Gasteiger partial charge in [0.2, 0.25) is 0 Å². The third-order valence-corrected chi connectivity index (χ3v) is 0. The van der Waals surface area contributed by atoms with Crippen molar-refractivity contribution in [2.45, 2.75) is 0 Å². The van der Waals surface area contributed by atoms with E-state index in [1.54, 1.807) is 0 Å². The van der Waals surface area contributed by atoms with Gasteiger partial charge in [-0.3, -0.25) is 0 Å². The molecule has 0 heterocycles. The summed E-state index contributed by atoms with van der Waals surface area (Å²) in [4.78, 5) is 0. The molecule has 0 amide bonds. The van der Waals surface area contributed by atoms with E-state index in [4.69, 9.17) is 3.08 Å². The van der Waals surface area contributed by atoms with E-state index >= 15 is 0 Å². The molecule has 0 spiro atoms. The van der Waals surface area contributed by atoms with Gasteiger partial charge in [-0.05, 0) is 0 Å². The zero-order valence-electron chi connectivity index (χ0n) is 3.59. The van der Waals surface area contributed by atoms with E-state index in [0.717, 1.165) is 0 Å². The predicted molar refractivity (Wildman–Crippen MR) is 21.9 cm³/mol. The minimum Gasteiger partial charge on any atom is 3.00 e. The molecule has 0 aliphatic rings. The largest absolute Gasteiger partial charge is 3.00 e. The summed E-state index contributed by atoms with van der Waals surface area (Å²) >= 11 is 0.300. The number of hydrogen-bond acceptors (Lipinski definition) is 6. The molecule has 0 unspecified atom stereocenters. The Kier molecular flexibility index (Phi) is 4570. The third kappa shape index (κ3) is 188. The van der Waals surface area contributed by atoms with Crippen molar-refractivity contribution in [3.8, 4) is 0 Å². The molecule has 0 saturated carbocycles. The second-order valence-corrected chi connectivity index (χ2v) is 0. The Morgan fingerprint density at radius 1 is 0.625 bits per heavy atom. The van der Waals surface area contributed by atoms with Crippen LogP contribution >= 0.6 is 0 Å². The summed E-state index contributed by atoms with van der Waals surface area (Å²) in [5, 5.41) is 0. The fraction of sp³-hybridized carbons (Fsp3) is 0. The van der Waals surface area contributed by atoms with Crippen LogP contribution in [0, 0.1) is 0 Å². The average molecular weight is 342 g/mol. The Morgan fingerprint density at radius 3 is 0.625 bits per heavy atom. The summed E-state index contributed by atoms with van der Waals surface area (Å²) < 4.78 is 8.34. The topological polar surface area (TPSA) is 167 Å². The summed E-state index contributed by atoms with van der Waals surface area (Å²) in [7, 11) is 0. The molecule has 0 aromatic carbocycles. The molecule has 5 N–H and O–H groups in total. The Morgan fingerprint density at radius 2 is 0.625 bits per heavy atom. The van der Waals surface area contributed by atoms with E-state index in [0.29, 0.717) is 22.5 Å². The molecular weight excluding hydrogens is 336 g/mol. The van der Waals surface area contributed by atoms with Gasteiger partial charge in [-0.15, -0.1) is 0 Å². The van der Waals surface area contributed by atoms with Crippen LogP contribution in [0.3, 0.4) is 0 Å². The fourth-order valence-corrected chi connectivity index (χ4v) is 0. The van der Waals surface area contributed by atoms with Crippen LogP contribution in [0.2, 0.25) is 0 Å². The van der Waals surface area contributed by atoms with Gasteiger partial charge in [-0.1, -0.05) is 0 Å². The SMILES string of the molecule is [OH-].[OH-].[OH-].[OH-].[OH-].[O]=[Sn+2].[Sb+3]. The van der Waals surface area contributed by atoms with Crippen molar-refractivity contribution in [3.63, 3.8) is 0 Å². The summed E-state index contributed by atoms with van der Waals surface area (Å²) in [6.45, 7) is 0. The zero-order chi connectivity index (χ0) is 2.00. The van der Waals surface area contributed by atoms with Crippen molar-refractivity contribution < 1.29 is 30.5 Å². The number of hydrogen-bond donors (Lipinski definition) is 0. The molecule has 6 nitrogen and oxygen atoms in total. The van der Waals surface area contributed by atoms with E-state index in [-0.39, 0.29) is 51.8 Å². The van der Waals surface area contributed by atoms with Crippen molar-refractivity contribution in [3.05, 3.63) is 0 Å². The molecule has 8 heavy (non-hydrogen) atoms. The van der Waals surface area contributed by atoms with Gasteiger partial charge in [0.05, 0.1) is 0 Å². The van der Waals surface area contributed by atoms with Crippen LogP contribution in [-0.2, 0) is 3.08 Å². The van der Waals surface area contributed by atoms with Gasteiger partial charge in [-0.2, -0.15) is 0 Å². The van der Waals surface area contributed by atoms with Gasteiger partial charge in [0.25, 0.3) is 0 Å². The summed E-state index contributed by atoms with van der Waals surface area (Å²) in [6, 6.07) is 0. The van der Waals surface area contributed by atoms with Crippen LogP contribution in [0.5, 0.6) is 0 Å². The monoisotopic (exact) mass is 342 g/mol. The standard InChI is InChI=1S/5H2O.O.Sb.Sn/h5*1H2;;;/q;;;;;;+3;+2/p-5. The smallest absolute Gasteiger partial charge is 3.00 e. The minimum absolute atomic E-state index is 0. The van der Waals surface area contributed by atoms with E-state index in [1.165, 1.54) is 0 Å². The van der Waals surface area contributed by atoms with Crippen LogP contribution in [0.4, 0.5) is 0 Å². The molecule has 0 aromatic rings. The quantitative estimate of drug-likeness (QED) is 0.473. The summed E-state index contributed by atoms with van der Waals surface area (Å²) in [5.74, 6) is 0. The minimum atomic E-state index is 0. The summed E-state index contributed by atoms with van der Waals surface area (Å²) in [5.41, 5.74) is 0. The van der Waals surface area contributed by atoms with E-state index in [1.807, 2.05) is 0 Å². The second-order valence-electron chi connectivity index (χ2n) is 0. The van der Waals surface area contributed by atoms with Crippen molar-refractivity contribution >= 4 is 46.9 Å². The van der Waals surface area contributed by atoms with Crippen LogP contribution in [0.1, 0.15) is 0 Å². The van der Waals surface area contributed by atoms with Crippen LogP contribution in [0.25, 0.3) is 0 Å². The molecule has 0 rings (SSSR count). The molecule has 0 aliphatic heterocycles. The fourth-order valence-electron chi connectivity index (χ4n) is 0. The van der Waals surface area contributed by atoms with Crippen molar-refractivity contribution in [2.24, 2.45) is 0 Å². The van der Waals surface area contributed by atoms with Crippen LogP contribution in [0.15, 0.2) is 0 Å². The van der Waals surface area contributed by atoms with Gasteiger partial charge >= 0.3 is 50.0 Å². The Labute approximate surface area is 77.1 Å². The Bertz CT molecular complexity index is 8.49. The molecule has 0 fully saturated rings. The predicted octanol–water partition coefficient (Wildman–Crippen LogP) is -1.76. The first kappa shape index (κ1) is 127. The maximum atomic E-state index is 8.34.